The smallest absolute Gasteiger partial charge is 0.246 e. The van der Waals surface area contributed by atoms with Crippen molar-refractivity contribution in [2.75, 3.05) is 31.5 Å². The molecule has 1 aromatic carbocycles. The van der Waals surface area contributed by atoms with Gasteiger partial charge in [0.25, 0.3) is 0 Å². The Bertz CT molecular complexity index is 787. The lowest BCUT2D eigenvalue weighted by molar-refractivity contribution is -0.130. The van der Waals surface area contributed by atoms with E-state index in [1.54, 1.807) is 0 Å². The van der Waals surface area contributed by atoms with E-state index in [1.807, 2.05) is 49.6 Å². The molecule has 0 aliphatic carbocycles. The third kappa shape index (κ3) is 5.53. The van der Waals surface area contributed by atoms with Crippen LogP contribution in [-0.2, 0) is 16.1 Å². The van der Waals surface area contributed by atoms with Gasteiger partial charge in [0.15, 0.2) is 0 Å². The molecule has 0 aliphatic rings. The van der Waals surface area contributed by atoms with Gasteiger partial charge in [-0.25, -0.2) is 4.98 Å². The number of hydrogen-bond donors (Lipinski definition) is 2. The highest BCUT2D eigenvalue weighted by molar-refractivity contribution is 5.95. The minimum absolute atomic E-state index is 0.0741. The van der Waals surface area contributed by atoms with E-state index in [1.165, 1.54) is 0 Å². The first-order valence-corrected chi connectivity index (χ1v) is 9.52. The first-order chi connectivity index (χ1) is 12.8. The van der Waals surface area contributed by atoms with Gasteiger partial charge < -0.3 is 14.8 Å². The highest BCUT2D eigenvalue weighted by Gasteiger charge is 2.22. The van der Waals surface area contributed by atoms with Crippen LogP contribution in [-0.4, -0.2) is 52.4 Å². The summed E-state index contributed by atoms with van der Waals surface area (Å²) in [5.74, 6) is 0.0676. The summed E-state index contributed by atoms with van der Waals surface area (Å²) in [4.78, 5) is 31.2. The second-order valence-corrected chi connectivity index (χ2v) is 7.58. The Balaban J connectivity index is 2.13. The molecule has 0 bridgehead atoms. The lowest BCUT2D eigenvalue weighted by atomic mass is 9.96. The van der Waals surface area contributed by atoms with Crippen LogP contribution in [0, 0.1) is 5.41 Å². The molecule has 1 heterocycles. The van der Waals surface area contributed by atoms with Gasteiger partial charge in [-0.1, -0.05) is 46.8 Å². The topological polar surface area (TPSA) is 79.3 Å². The van der Waals surface area contributed by atoms with Gasteiger partial charge in [0, 0.05) is 18.5 Å². The summed E-state index contributed by atoms with van der Waals surface area (Å²) in [6.45, 7) is 13.2. The minimum atomic E-state index is -0.531. The zero-order valence-corrected chi connectivity index (χ0v) is 17.0. The molecule has 7 heteroatoms. The zero-order chi connectivity index (χ0) is 20.0. The number of carbonyl (C=O) groups excluding carboxylic acids is 2. The maximum Gasteiger partial charge on any atom is 0.246 e. The molecule has 2 aromatic rings. The van der Waals surface area contributed by atoms with Gasteiger partial charge >= 0.3 is 0 Å². The van der Waals surface area contributed by atoms with E-state index < -0.39 is 5.41 Å². The number of para-hydroxylation sites is 2. The number of nitrogens with one attached hydrogen (secondary N) is 2. The molecule has 0 spiro atoms. The van der Waals surface area contributed by atoms with Gasteiger partial charge in [0.2, 0.25) is 17.8 Å². The predicted octanol–water partition coefficient (Wildman–Crippen LogP) is 2.48. The number of benzene rings is 1. The number of rotatable bonds is 8. The summed E-state index contributed by atoms with van der Waals surface area (Å²) in [5, 5.41) is 5.51. The summed E-state index contributed by atoms with van der Waals surface area (Å²) in [7, 11) is 0. The van der Waals surface area contributed by atoms with Crippen LogP contribution in [0.1, 0.15) is 34.6 Å². The molecule has 0 fully saturated rings. The van der Waals surface area contributed by atoms with Crippen molar-refractivity contribution in [2.45, 2.75) is 41.2 Å². The Morgan fingerprint density at radius 3 is 2.44 bits per heavy atom. The molecule has 148 valence electrons. The Morgan fingerprint density at radius 1 is 1.15 bits per heavy atom. The predicted molar refractivity (Wildman–Crippen MR) is 109 cm³/mol. The molecule has 0 atom stereocenters. The van der Waals surface area contributed by atoms with Crippen molar-refractivity contribution in [2.24, 2.45) is 5.41 Å². The third-order valence-corrected chi connectivity index (χ3v) is 4.53. The van der Waals surface area contributed by atoms with E-state index in [0.717, 1.165) is 37.2 Å². The van der Waals surface area contributed by atoms with Crippen LogP contribution >= 0.6 is 0 Å². The maximum absolute atomic E-state index is 12.3. The van der Waals surface area contributed by atoms with E-state index in [4.69, 9.17) is 0 Å². The molecular formula is C20H31N5O2. The minimum Gasteiger partial charge on any atom is -0.347 e. The quantitative estimate of drug-likeness (QED) is 0.745. The number of carbonyl (C=O) groups is 2. The molecular weight excluding hydrogens is 342 g/mol. The molecule has 0 saturated heterocycles. The number of likely N-dealkylation sites (N-methyl/N-ethyl adjacent to an activating group) is 1. The molecule has 0 aliphatic heterocycles. The monoisotopic (exact) mass is 373 g/mol. The van der Waals surface area contributed by atoms with E-state index in [-0.39, 0.29) is 18.4 Å². The fourth-order valence-corrected chi connectivity index (χ4v) is 2.77. The molecule has 27 heavy (non-hydrogen) atoms. The third-order valence-electron chi connectivity index (χ3n) is 4.53. The average molecular weight is 374 g/mol. The summed E-state index contributed by atoms with van der Waals surface area (Å²) < 4.78 is 2.02. The van der Waals surface area contributed by atoms with E-state index >= 15 is 0 Å². The molecule has 0 saturated carbocycles. The highest BCUT2D eigenvalue weighted by atomic mass is 16.2. The van der Waals surface area contributed by atoms with Crippen LogP contribution in [0.15, 0.2) is 24.3 Å². The molecule has 7 nitrogen and oxygen atoms in total. The number of fused-ring (bicyclic) bond motifs is 1. The average Bonchev–Trinajstić information content (AvgIpc) is 2.97. The van der Waals surface area contributed by atoms with Crippen LogP contribution in [0.25, 0.3) is 11.0 Å². The highest BCUT2D eigenvalue weighted by Crippen LogP contribution is 2.19. The number of aromatic nitrogens is 2. The van der Waals surface area contributed by atoms with Crippen molar-refractivity contribution in [3.8, 4) is 0 Å². The van der Waals surface area contributed by atoms with Crippen molar-refractivity contribution in [1.29, 1.82) is 0 Å². The van der Waals surface area contributed by atoms with Gasteiger partial charge in [-0.05, 0) is 25.2 Å². The number of hydrogen-bond acceptors (Lipinski definition) is 4. The zero-order valence-electron chi connectivity index (χ0n) is 17.0. The van der Waals surface area contributed by atoms with Crippen LogP contribution in [0.4, 0.5) is 5.95 Å². The fourth-order valence-electron chi connectivity index (χ4n) is 2.77. The fraction of sp³-hybridized carbons (Fsp3) is 0.550. The van der Waals surface area contributed by atoms with Gasteiger partial charge in [-0.3, -0.25) is 14.9 Å². The molecule has 0 radical (unpaired) electrons. The normalized spacial score (nSPS) is 11.8. The van der Waals surface area contributed by atoms with Crippen LogP contribution < -0.4 is 10.6 Å². The Morgan fingerprint density at radius 2 is 1.81 bits per heavy atom. The molecule has 0 unspecified atom stereocenters. The van der Waals surface area contributed by atoms with Crippen molar-refractivity contribution < 1.29 is 9.59 Å². The first-order valence-electron chi connectivity index (χ1n) is 9.52. The molecule has 1 aromatic heterocycles. The van der Waals surface area contributed by atoms with Gasteiger partial charge in [-0.15, -0.1) is 0 Å². The van der Waals surface area contributed by atoms with Crippen molar-refractivity contribution in [3.05, 3.63) is 24.3 Å². The van der Waals surface area contributed by atoms with Gasteiger partial charge in [0.05, 0.1) is 17.6 Å². The van der Waals surface area contributed by atoms with E-state index in [9.17, 15) is 9.59 Å². The second-order valence-electron chi connectivity index (χ2n) is 7.58. The lowest BCUT2D eigenvalue weighted by Crippen LogP contribution is -2.39. The number of anilines is 1. The Hall–Kier alpha value is -2.41. The van der Waals surface area contributed by atoms with Crippen molar-refractivity contribution in [1.82, 2.24) is 19.8 Å². The summed E-state index contributed by atoms with van der Waals surface area (Å²) in [6, 6.07) is 7.83. The van der Waals surface area contributed by atoms with E-state index in [2.05, 4.69) is 34.4 Å². The Kier molecular flexibility index (Phi) is 6.96. The van der Waals surface area contributed by atoms with Crippen LogP contribution in [0.3, 0.4) is 0 Å². The Labute approximate surface area is 161 Å². The summed E-state index contributed by atoms with van der Waals surface area (Å²) in [5.41, 5.74) is 1.29. The molecule has 2 N–H and O–H groups in total. The lowest BCUT2D eigenvalue weighted by Gasteiger charge is -2.19. The SMILES string of the molecule is CCN(CC)CCn1c(NC(=O)CNC(=O)C(C)(C)C)nc2ccccc21. The first kappa shape index (κ1) is 20.9. The van der Waals surface area contributed by atoms with Gasteiger partial charge in [-0.2, -0.15) is 0 Å². The summed E-state index contributed by atoms with van der Waals surface area (Å²) in [6.07, 6.45) is 0. The molecule has 2 amide bonds. The van der Waals surface area contributed by atoms with Crippen LogP contribution in [0.5, 0.6) is 0 Å². The standard InChI is InChI=1S/C20H31N5O2/c1-6-24(7-2)12-13-25-16-11-9-8-10-15(16)22-19(25)23-17(26)14-21-18(27)20(3,4)5/h8-11H,6-7,12-14H2,1-5H3,(H,21,27)(H,22,23,26). The second kappa shape index (κ2) is 8.99. The summed E-state index contributed by atoms with van der Waals surface area (Å²) >= 11 is 0. The molecule has 2 rings (SSSR count). The van der Waals surface area contributed by atoms with Crippen molar-refractivity contribution in [3.63, 3.8) is 0 Å². The number of nitrogens with zero attached hydrogens (tertiary/aromatic N) is 3. The number of amides is 2. The van der Waals surface area contributed by atoms with Crippen molar-refractivity contribution >= 4 is 28.8 Å². The largest absolute Gasteiger partial charge is 0.347 e. The van der Waals surface area contributed by atoms with Gasteiger partial charge in [0.1, 0.15) is 0 Å². The van der Waals surface area contributed by atoms with Crippen LogP contribution in [0.2, 0.25) is 0 Å². The van der Waals surface area contributed by atoms with E-state index in [0.29, 0.717) is 5.95 Å². The number of imidazole rings is 1. The maximum atomic E-state index is 12.3.